The largest absolute Gasteiger partial charge is 0.357 e. The highest BCUT2D eigenvalue weighted by Gasteiger charge is 2.22. The van der Waals surface area contributed by atoms with Gasteiger partial charge in [0.2, 0.25) is 5.13 Å². The van der Waals surface area contributed by atoms with Gasteiger partial charge < -0.3 is 5.32 Å². The molecule has 3 rings (SSSR count). The van der Waals surface area contributed by atoms with Crippen LogP contribution in [0.1, 0.15) is 18.5 Å². The van der Waals surface area contributed by atoms with Crippen molar-refractivity contribution < 1.29 is 0 Å². The van der Waals surface area contributed by atoms with E-state index in [4.69, 9.17) is 5.26 Å². The summed E-state index contributed by atoms with van der Waals surface area (Å²) in [7, 11) is 0. The Bertz CT molecular complexity index is 600. The smallest absolute Gasteiger partial charge is 0.206 e. The Morgan fingerprint density at radius 1 is 1.33 bits per heavy atom. The van der Waals surface area contributed by atoms with Gasteiger partial charge >= 0.3 is 0 Å². The highest BCUT2D eigenvalue weighted by atomic mass is 32.2. The monoisotopic (exact) mass is 276 g/mol. The maximum absolute atomic E-state index is 8.92. The number of hydrogen-bond acceptors (Lipinski definition) is 8. The summed E-state index contributed by atoms with van der Waals surface area (Å²) >= 11 is 2.78. The van der Waals surface area contributed by atoms with E-state index in [2.05, 4.69) is 25.5 Å². The van der Waals surface area contributed by atoms with Gasteiger partial charge in [-0.2, -0.15) is 5.26 Å². The summed E-state index contributed by atoms with van der Waals surface area (Å²) in [5.74, 6) is 0. The zero-order chi connectivity index (χ0) is 12.4. The van der Waals surface area contributed by atoms with Crippen LogP contribution in [0.2, 0.25) is 0 Å². The van der Waals surface area contributed by atoms with E-state index in [-0.39, 0.29) is 0 Å². The fourth-order valence-electron chi connectivity index (χ4n) is 1.27. The van der Waals surface area contributed by atoms with E-state index < -0.39 is 0 Å². The van der Waals surface area contributed by atoms with Crippen LogP contribution < -0.4 is 5.32 Å². The van der Waals surface area contributed by atoms with E-state index in [0.29, 0.717) is 16.8 Å². The van der Waals surface area contributed by atoms with Crippen LogP contribution in [0.3, 0.4) is 0 Å². The average molecular weight is 276 g/mol. The number of rotatable bonds is 4. The predicted molar refractivity (Wildman–Crippen MR) is 67.4 cm³/mol. The predicted octanol–water partition coefficient (Wildman–Crippen LogP) is 1.93. The molecular formula is C10H8N6S2. The maximum atomic E-state index is 8.92. The van der Waals surface area contributed by atoms with Crippen LogP contribution in [-0.2, 0) is 0 Å². The van der Waals surface area contributed by atoms with Gasteiger partial charge in [0.15, 0.2) is 10.0 Å². The van der Waals surface area contributed by atoms with Crippen molar-refractivity contribution in [2.45, 2.75) is 28.2 Å². The molecule has 2 heterocycles. The van der Waals surface area contributed by atoms with Crippen LogP contribution in [-0.4, -0.2) is 26.2 Å². The van der Waals surface area contributed by atoms with Gasteiger partial charge in [-0.25, -0.2) is 9.97 Å². The normalized spacial score (nSPS) is 14.2. The van der Waals surface area contributed by atoms with Crippen LogP contribution in [0.15, 0.2) is 21.8 Å². The molecule has 1 aliphatic carbocycles. The highest BCUT2D eigenvalue weighted by molar-refractivity contribution is 8.01. The summed E-state index contributed by atoms with van der Waals surface area (Å²) in [6.45, 7) is 0. The fraction of sp³-hybridized carbons (Fsp3) is 0.300. The molecule has 2 aromatic rings. The fourth-order valence-corrected chi connectivity index (χ4v) is 3.02. The molecule has 0 aromatic carbocycles. The maximum Gasteiger partial charge on any atom is 0.206 e. The van der Waals surface area contributed by atoms with E-state index >= 15 is 0 Å². The summed E-state index contributed by atoms with van der Waals surface area (Å²) < 4.78 is 0.759. The first-order valence-corrected chi connectivity index (χ1v) is 6.97. The molecule has 6 nitrogen and oxygen atoms in total. The molecule has 8 heteroatoms. The summed E-state index contributed by atoms with van der Waals surface area (Å²) in [5, 5.41) is 21.7. The molecule has 0 atom stereocenters. The molecule has 0 aliphatic heterocycles. The molecule has 90 valence electrons. The second-order valence-electron chi connectivity index (χ2n) is 3.72. The van der Waals surface area contributed by atoms with E-state index in [1.54, 1.807) is 6.20 Å². The van der Waals surface area contributed by atoms with Crippen LogP contribution >= 0.6 is 23.1 Å². The Labute approximate surface area is 111 Å². The van der Waals surface area contributed by atoms with Crippen LogP contribution in [0, 0.1) is 11.3 Å². The van der Waals surface area contributed by atoms with Gasteiger partial charge in [0.25, 0.3) is 0 Å². The van der Waals surface area contributed by atoms with E-state index in [1.165, 1.54) is 42.1 Å². The summed E-state index contributed by atoms with van der Waals surface area (Å²) in [5.41, 5.74) is 0.314. The molecule has 1 fully saturated rings. The Hall–Kier alpha value is -1.72. The van der Waals surface area contributed by atoms with Crippen molar-refractivity contribution in [2.75, 3.05) is 5.32 Å². The zero-order valence-corrected chi connectivity index (χ0v) is 10.8. The van der Waals surface area contributed by atoms with Crippen LogP contribution in [0.25, 0.3) is 0 Å². The van der Waals surface area contributed by atoms with E-state index in [9.17, 15) is 0 Å². The second-order valence-corrected chi connectivity index (χ2v) is 5.93. The van der Waals surface area contributed by atoms with E-state index in [0.717, 1.165) is 9.47 Å². The average Bonchev–Trinajstić information content (AvgIpc) is 3.10. The lowest BCUT2D eigenvalue weighted by Crippen LogP contribution is -1.99. The number of aromatic nitrogens is 4. The first-order chi connectivity index (χ1) is 8.85. The zero-order valence-electron chi connectivity index (χ0n) is 9.20. The van der Waals surface area contributed by atoms with Gasteiger partial charge in [-0.15, -0.1) is 10.2 Å². The minimum absolute atomic E-state index is 0.314. The Kier molecular flexibility index (Phi) is 3.08. The third kappa shape index (κ3) is 2.57. The molecule has 0 unspecified atom stereocenters. The summed E-state index contributed by atoms with van der Waals surface area (Å²) in [6, 6.07) is 2.57. The number of hydrogen-bond donors (Lipinski definition) is 1. The molecule has 1 aliphatic rings. The van der Waals surface area contributed by atoms with Gasteiger partial charge in [0, 0.05) is 18.4 Å². The molecule has 18 heavy (non-hydrogen) atoms. The van der Waals surface area contributed by atoms with Gasteiger partial charge in [-0.3, -0.25) is 0 Å². The first-order valence-electron chi connectivity index (χ1n) is 5.34. The third-order valence-corrected chi connectivity index (χ3v) is 4.16. The lowest BCUT2D eigenvalue weighted by atomic mass is 10.5. The molecular weight excluding hydrogens is 268 g/mol. The van der Waals surface area contributed by atoms with Gasteiger partial charge in [0.05, 0.1) is 0 Å². The van der Waals surface area contributed by atoms with Crippen molar-refractivity contribution in [1.82, 2.24) is 20.2 Å². The number of nitrogens with zero attached hydrogens (tertiary/aromatic N) is 5. The molecule has 1 saturated carbocycles. The van der Waals surface area contributed by atoms with E-state index in [1.807, 2.05) is 6.07 Å². The molecule has 0 spiro atoms. The van der Waals surface area contributed by atoms with Gasteiger partial charge in [-0.05, 0) is 24.6 Å². The first kappa shape index (κ1) is 11.4. The van der Waals surface area contributed by atoms with Crippen molar-refractivity contribution in [1.29, 1.82) is 5.26 Å². The Balaban J connectivity index is 1.75. The Morgan fingerprint density at radius 3 is 2.94 bits per heavy atom. The standard InChI is InChI=1S/C10H8N6S2/c11-5-7-8(13-4-3-12-7)17-10-16-15-9(18-10)14-6-1-2-6/h3-4,6H,1-2H2,(H,14,15). The van der Waals surface area contributed by atoms with Gasteiger partial charge in [0.1, 0.15) is 11.1 Å². The number of nitriles is 1. The third-order valence-electron chi connectivity index (χ3n) is 2.27. The lowest BCUT2D eigenvalue weighted by Gasteiger charge is -1.96. The Morgan fingerprint density at radius 2 is 2.17 bits per heavy atom. The van der Waals surface area contributed by atoms with Crippen molar-refractivity contribution in [3.8, 4) is 6.07 Å². The topological polar surface area (TPSA) is 87.4 Å². The van der Waals surface area contributed by atoms with Crippen molar-refractivity contribution >= 4 is 28.2 Å². The second kappa shape index (κ2) is 4.88. The number of nitrogens with one attached hydrogen (secondary N) is 1. The summed E-state index contributed by atoms with van der Waals surface area (Å²) in [4.78, 5) is 8.08. The van der Waals surface area contributed by atoms with Crippen LogP contribution in [0.5, 0.6) is 0 Å². The van der Waals surface area contributed by atoms with Crippen molar-refractivity contribution in [2.24, 2.45) is 0 Å². The SMILES string of the molecule is N#Cc1nccnc1Sc1nnc(NC2CC2)s1. The molecule has 0 saturated heterocycles. The summed E-state index contributed by atoms with van der Waals surface area (Å²) in [6.07, 6.45) is 5.46. The molecule has 0 bridgehead atoms. The minimum atomic E-state index is 0.314. The number of anilines is 1. The van der Waals surface area contributed by atoms with Gasteiger partial charge in [-0.1, -0.05) is 11.3 Å². The van der Waals surface area contributed by atoms with Crippen molar-refractivity contribution in [3.63, 3.8) is 0 Å². The van der Waals surface area contributed by atoms with Crippen LogP contribution in [0.4, 0.5) is 5.13 Å². The molecule has 0 radical (unpaired) electrons. The molecule has 0 amide bonds. The van der Waals surface area contributed by atoms with Crippen molar-refractivity contribution in [3.05, 3.63) is 18.1 Å². The molecule has 2 aromatic heterocycles. The molecule has 1 N–H and O–H groups in total. The lowest BCUT2D eigenvalue weighted by molar-refractivity contribution is 0.982. The highest BCUT2D eigenvalue weighted by Crippen LogP contribution is 2.33. The quantitative estimate of drug-likeness (QED) is 0.912. The minimum Gasteiger partial charge on any atom is -0.357 e.